The third-order valence-electron chi connectivity index (χ3n) is 4.68. The van der Waals surface area contributed by atoms with Crippen LogP contribution in [0.15, 0.2) is 48.5 Å². The molecule has 1 saturated heterocycles. The van der Waals surface area contributed by atoms with Crippen molar-refractivity contribution in [3.63, 3.8) is 0 Å². The van der Waals surface area contributed by atoms with Crippen LogP contribution < -0.4 is 0 Å². The quantitative estimate of drug-likeness (QED) is 0.853. The van der Waals surface area contributed by atoms with Gasteiger partial charge >= 0.3 is 0 Å². The second-order valence-corrected chi connectivity index (χ2v) is 6.54. The molecule has 1 fully saturated rings. The molecule has 0 aliphatic carbocycles. The third-order valence-corrected chi connectivity index (χ3v) is 4.68. The molecule has 1 aliphatic rings. The van der Waals surface area contributed by atoms with E-state index in [1.54, 1.807) is 0 Å². The molecule has 0 saturated carbocycles. The smallest absolute Gasteiger partial charge is 0.0853 e. The van der Waals surface area contributed by atoms with Gasteiger partial charge in [-0.05, 0) is 48.1 Å². The van der Waals surface area contributed by atoms with E-state index in [-0.39, 0.29) is 18.3 Å². The fraction of sp³-hybridized carbons (Fsp3) is 0.364. The predicted octanol–water partition coefficient (Wildman–Crippen LogP) is 4.25. The van der Waals surface area contributed by atoms with E-state index < -0.39 is 0 Å². The fourth-order valence-electron chi connectivity index (χ4n) is 3.33. The minimum absolute atomic E-state index is 0.0116. The van der Waals surface area contributed by atoms with Gasteiger partial charge in [-0.25, -0.2) is 0 Å². The molecule has 2 aromatic rings. The van der Waals surface area contributed by atoms with Gasteiger partial charge in [-0.15, -0.1) is 6.42 Å². The van der Waals surface area contributed by atoms with Crippen LogP contribution in [0.5, 0.6) is 0 Å². The number of rotatable bonds is 4. The average Bonchev–Trinajstić information content (AvgIpc) is 2.62. The summed E-state index contributed by atoms with van der Waals surface area (Å²) in [5, 5.41) is 10.1. The second kappa shape index (κ2) is 7.66. The van der Waals surface area contributed by atoms with Gasteiger partial charge in [0, 0.05) is 12.0 Å². The lowest BCUT2D eigenvalue weighted by Gasteiger charge is -2.33. The summed E-state index contributed by atoms with van der Waals surface area (Å²) in [6.45, 7) is 2.11. The second-order valence-electron chi connectivity index (χ2n) is 6.54. The Morgan fingerprint density at radius 3 is 2.62 bits per heavy atom. The molecule has 3 rings (SSSR count). The van der Waals surface area contributed by atoms with Gasteiger partial charge in [0.05, 0.1) is 18.3 Å². The Morgan fingerprint density at radius 2 is 1.92 bits per heavy atom. The van der Waals surface area contributed by atoms with E-state index in [0.29, 0.717) is 6.42 Å². The van der Waals surface area contributed by atoms with Crippen LogP contribution in [0.2, 0.25) is 0 Å². The molecule has 0 bridgehead atoms. The normalized spacial score (nSPS) is 23.6. The molecule has 2 nitrogen and oxygen atoms in total. The molecule has 2 heteroatoms. The Labute approximate surface area is 144 Å². The van der Waals surface area contributed by atoms with E-state index in [9.17, 15) is 5.11 Å². The topological polar surface area (TPSA) is 29.5 Å². The van der Waals surface area contributed by atoms with Crippen LogP contribution in [-0.2, 0) is 11.2 Å². The van der Waals surface area contributed by atoms with Crippen molar-refractivity contribution in [1.82, 2.24) is 0 Å². The van der Waals surface area contributed by atoms with Gasteiger partial charge in [-0.2, -0.15) is 0 Å². The number of benzene rings is 2. The molecule has 3 atom stereocenters. The van der Waals surface area contributed by atoms with Crippen molar-refractivity contribution < 1.29 is 9.84 Å². The lowest BCUT2D eigenvalue weighted by atomic mass is 9.93. The largest absolute Gasteiger partial charge is 0.393 e. The van der Waals surface area contributed by atoms with Crippen LogP contribution in [0.4, 0.5) is 0 Å². The number of hydrogen-bond donors (Lipinski definition) is 1. The summed E-state index contributed by atoms with van der Waals surface area (Å²) in [7, 11) is 0. The molecule has 0 aromatic heterocycles. The maximum Gasteiger partial charge on any atom is 0.0853 e. The lowest BCUT2D eigenvalue weighted by Crippen LogP contribution is -2.30. The SMILES string of the molecule is C#Cc1ccc(Cc2cccc(C3CC(O)CC(CC)O3)c2)cc1. The van der Waals surface area contributed by atoms with Crippen LogP contribution in [0, 0.1) is 12.3 Å². The van der Waals surface area contributed by atoms with E-state index in [1.807, 2.05) is 12.1 Å². The molecule has 24 heavy (non-hydrogen) atoms. The molecule has 1 aliphatic heterocycles. The van der Waals surface area contributed by atoms with Gasteiger partial charge in [0.25, 0.3) is 0 Å². The third kappa shape index (κ3) is 4.06. The highest BCUT2D eigenvalue weighted by Crippen LogP contribution is 2.33. The zero-order valence-electron chi connectivity index (χ0n) is 14.1. The van der Waals surface area contributed by atoms with Gasteiger partial charge < -0.3 is 9.84 Å². The van der Waals surface area contributed by atoms with Crippen LogP contribution in [0.1, 0.15) is 54.5 Å². The van der Waals surface area contributed by atoms with Crippen molar-refractivity contribution in [2.45, 2.75) is 50.9 Å². The minimum Gasteiger partial charge on any atom is -0.393 e. The highest BCUT2D eigenvalue weighted by atomic mass is 16.5. The first-order chi connectivity index (χ1) is 11.7. The first-order valence-electron chi connectivity index (χ1n) is 8.66. The van der Waals surface area contributed by atoms with Crippen molar-refractivity contribution in [1.29, 1.82) is 0 Å². The maximum atomic E-state index is 10.1. The van der Waals surface area contributed by atoms with Gasteiger partial charge in [-0.1, -0.05) is 49.2 Å². The Kier molecular flexibility index (Phi) is 5.35. The molecule has 124 valence electrons. The van der Waals surface area contributed by atoms with Crippen molar-refractivity contribution in [2.75, 3.05) is 0 Å². The van der Waals surface area contributed by atoms with Crippen LogP contribution in [-0.4, -0.2) is 17.3 Å². The Hall–Kier alpha value is -2.08. The average molecular weight is 320 g/mol. The van der Waals surface area contributed by atoms with Crippen molar-refractivity contribution >= 4 is 0 Å². The van der Waals surface area contributed by atoms with E-state index in [4.69, 9.17) is 11.2 Å². The van der Waals surface area contributed by atoms with Gasteiger partial charge in [0.15, 0.2) is 0 Å². The summed E-state index contributed by atoms with van der Waals surface area (Å²) in [6, 6.07) is 16.6. The molecule has 0 spiro atoms. The highest BCUT2D eigenvalue weighted by molar-refractivity contribution is 5.37. The fourth-order valence-corrected chi connectivity index (χ4v) is 3.33. The Balaban J connectivity index is 1.74. The van der Waals surface area contributed by atoms with Crippen molar-refractivity contribution in [2.24, 2.45) is 0 Å². The van der Waals surface area contributed by atoms with Crippen molar-refractivity contribution in [3.05, 3.63) is 70.8 Å². The van der Waals surface area contributed by atoms with Crippen LogP contribution in [0.3, 0.4) is 0 Å². The standard InChI is InChI=1S/C22H24O2/c1-3-16-8-10-17(11-9-16)12-18-6-5-7-19(13-18)22-15-20(23)14-21(4-2)24-22/h1,5-11,13,20-23H,4,12,14-15H2,2H3. The summed E-state index contributed by atoms with van der Waals surface area (Å²) >= 11 is 0. The summed E-state index contributed by atoms with van der Waals surface area (Å²) in [5.74, 6) is 2.64. The molecule has 1 heterocycles. The number of hydrogen-bond acceptors (Lipinski definition) is 2. The number of aliphatic hydroxyl groups is 1. The molecule has 1 N–H and O–H groups in total. The Morgan fingerprint density at radius 1 is 1.12 bits per heavy atom. The number of aliphatic hydroxyl groups excluding tert-OH is 1. The molecule has 3 unspecified atom stereocenters. The summed E-state index contributed by atoms with van der Waals surface area (Å²) in [5.41, 5.74) is 4.55. The zero-order chi connectivity index (χ0) is 16.9. The van der Waals surface area contributed by atoms with Crippen molar-refractivity contribution in [3.8, 4) is 12.3 Å². The number of ether oxygens (including phenoxy) is 1. The summed E-state index contributed by atoms with van der Waals surface area (Å²) in [6.07, 6.45) is 8.50. The van der Waals surface area contributed by atoms with Gasteiger partial charge in [0.2, 0.25) is 0 Å². The van der Waals surface area contributed by atoms with E-state index in [0.717, 1.165) is 30.4 Å². The molecule has 2 aromatic carbocycles. The molecule has 0 amide bonds. The van der Waals surface area contributed by atoms with E-state index in [2.05, 4.69) is 49.2 Å². The summed E-state index contributed by atoms with van der Waals surface area (Å²) < 4.78 is 6.15. The van der Waals surface area contributed by atoms with E-state index in [1.165, 1.54) is 11.1 Å². The van der Waals surface area contributed by atoms with Crippen LogP contribution in [0.25, 0.3) is 0 Å². The minimum atomic E-state index is -0.270. The number of terminal acetylenes is 1. The maximum absolute atomic E-state index is 10.1. The molecular weight excluding hydrogens is 296 g/mol. The van der Waals surface area contributed by atoms with Gasteiger partial charge in [0.1, 0.15) is 0 Å². The predicted molar refractivity (Wildman–Crippen MR) is 96.8 cm³/mol. The van der Waals surface area contributed by atoms with Gasteiger partial charge in [-0.3, -0.25) is 0 Å². The summed E-state index contributed by atoms with van der Waals surface area (Å²) in [4.78, 5) is 0. The zero-order valence-corrected chi connectivity index (χ0v) is 14.1. The monoisotopic (exact) mass is 320 g/mol. The molecule has 0 radical (unpaired) electrons. The lowest BCUT2D eigenvalue weighted by molar-refractivity contribution is -0.0983. The first kappa shape index (κ1) is 16.8. The molecular formula is C22H24O2. The van der Waals surface area contributed by atoms with E-state index >= 15 is 0 Å². The van der Waals surface area contributed by atoms with Crippen LogP contribution >= 0.6 is 0 Å². The first-order valence-corrected chi connectivity index (χ1v) is 8.66. The Bertz CT molecular complexity index is 711. The highest BCUT2D eigenvalue weighted by Gasteiger charge is 2.28.